The second-order valence-electron chi connectivity index (χ2n) is 4.42. The van der Waals surface area contributed by atoms with Gasteiger partial charge >= 0.3 is 0 Å². The van der Waals surface area contributed by atoms with Crippen molar-refractivity contribution in [2.75, 3.05) is 17.7 Å². The van der Waals surface area contributed by atoms with Crippen LogP contribution in [-0.2, 0) is 4.79 Å². The molecule has 0 saturated carbocycles. The molecule has 0 atom stereocenters. The Morgan fingerprint density at radius 2 is 1.90 bits per heavy atom. The van der Waals surface area contributed by atoms with E-state index in [4.69, 9.17) is 10.5 Å². The number of benzene rings is 2. The summed E-state index contributed by atoms with van der Waals surface area (Å²) >= 11 is 0. The molecule has 3 N–H and O–H groups in total. The molecule has 2 aromatic rings. The van der Waals surface area contributed by atoms with Gasteiger partial charge in [-0.05, 0) is 42.8 Å². The Labute approximate surface area is 124 Å². The summed E-state index contributed by atoms with van der Waals surface area (Å²) in [5, 5.41) is 2.80. The van der Waals surface area contributed by atoms with Gasteiger partial charge in [0.15, 0.2) is 0 Å². The first-order valence-corrected chi connectivity index (χ1v) is 6.75. The predicted octanol–water partition coefficient (Wildman–Crippen LogP) is 3.32. The molecule has 0 aliphatic heterocycles. The zero-order valence-corrected chi connectivity index (χ0v) is 11.9. The minimum Gasteiger partial charge on any atom is -0.492 e. The molecule has 21 heavy (non-hydrogen) atoms. The highest BCUT2D eigenvalue weighted by atomic mass is 16.5. The van der Waals surface area contributed by atoms with Crippen LogP contribution in [0.2, 0.25) is 0 Å². The van der Waals surface area contributed by atoms with Crippen molar-refractivity contribution >= 4 is 23.4 Å². The van der Waals surface area contributed by atoms with E-state index in [0.717, 1.165) is 5.56 Å². The van der Waals surface area contributed by atoms with Crippen molar-refractivity contribution in [2.45, 2.75) is 6.92 Å². The number of carbonyl (C=O) groups is 1. The smallest absolute Gasteiger partial charge is 0.248 e. The summed E-state index contributed by atoms with van der Waals surface area (Å²) in [6, 6.07) is 14.6. The van der Waals surface area contributed by atoms with E-state index in [1.807, 2.05) is 37.3 Å². The van der Waals surface area contributed by atoms with Gasteiger partial charge in [-0.1, -0.05) is 24.3 Å². The monoisotopic (exact) mass is 282 g/mol. The summed E-state index contributed by atoms with van der Waals surface area (Å²) in [6.07, 6.45) is 3.21. The van der Waals surface area contributed by atoms with E-state index < -0.39 is 0 Å². The number of anilines is 2. The average molecular weight is 282 g/mol. The van der Waals surface area contributed by atoms with E-state index in [9.17, 15) is 4.79 Å². The zero-order valence-electron chi connectivity index (χ0n) is 11.9. The van der Waals surface area contributed by atoms with Crippen molar-refractivity contribution < 1.29 is 9.53 Å². The van der Waals surface area contributed by atoms with Crippen LogP contribution in [0.4, 0.5) is 11.4 Å². The van der Waals surface area contributed by atoms with Crippen LogP contribution in [0.15, 0.2) is 54.6 Å². The minimum absolute atomic E-state index is 0.209. The molecule has 0 heterocycles. The van der Waals surface area contributed by atoms with Gasteiger partial charge < -0.3 is 15.8 Å². The van der Waals surface area contributed by atoms with E-state index in [1.54, 1.807) is 24.3 Å². The van der Waals surface area contributed by atoms with Crippen LogP contribution >= 0.6 is 0 Å². The standard InChI is InChI=1S/C17H18N2O2/c1-2-21-16-6-4-3-5-15(16)19-17(20)12-9-13-7-10-14(18)11-8-13/h3-12H,2,18H2,1H3,(H,19,20)/b12-9+. The quantitative estimate of drug-likeness (QED) is 0.653. The number of nitrogen functional groups attached to an aromatic ring is 1. The highest BCUT2D eigenvalue weighted by Crippen LogP contribution is 2.23. The van der Waals surface area contributed by atoms with Crippen LogP contribution in [0, 0.1) is 0 Å². The Kier molecular flexibility index (Phi) is 4.99. The predicted molar refractivity (Wildman–Crippen MR) is 86.1 cm³/mol. The normalized spacial score (nSPS) is 10.5. The lowest BCUT2D eigenvalue weighted by Crippen LogP contribution is -2.09. The second kappa shape index (κ2) is 7.14. The molecule has 0 radical (unpaired) electrons. The summed E-state index contributed by atoms with van der Waals surface area (Å²) in [7, 11) is 0. The van der Waals surface area contributed by atoms with Crippen molar-refractivity contribution in [3.63, 3.8) is 0 Å². The van der Waals surface area contributed by atoms with E-state index in [-0.39, 0.29) is 5.91 Å². The van der Waals surface area contributed by atoms with Gasteiger partial charge in [-0.2, -0.15) is 0 Å². The highest BCUT2D eigenvalue weighted by Gasteiger charge is 2.04. The molecule has 2 aromatic carbocycles. The van der Waals surface area contributed by atoms with E-state index in [2.05, 4.69) is 5.32 Å². The summed E-state index contributed by atoms with van der Waals surface area (Å²) in [5.74, 6) is 0.452. The number of hydrogen-bond donors (Lipinski definition) is 2. The number of nitrogens with two attached hydrogens (primary N) is 1. The van der Waals surface area contributed by atoms with Gasteiger partial charge in [-0.25, -0.2) is 0 Å². The van der Waals surface area contributed by atoms with Gasteiger partial charge in [0.2, 0.25) is 5.91 Å². The lowest BCUT2D eigenvalue weighted by Gasteiger charge is -2.09. The van der Waals surface area contributed by atoms with Crippen molar-refractivity contribution in [3.05, 3.63) is 60.2 Å². The Bertz CT molecular complexity index is 633. The lowest BCUT2D eigenvalue weighted by molar-refractivity contribution is -0.111. The molecule has 0 fully saturated rings. The van der Waals surface area contributed by atoms with Gasteiger partial charge in [0.1, 0.15) is 5.75 Å². The molecule has 0 spiro atoms. The first kappa shape index (κ1) is 14.7. The van der Waals surface area contributed by atoms with Crippen LogP contribution in [0.1, 0.15) is 12.5 Å². The Balaban J connectivity index is 2.03. The molecular formula is C17H18N2O2. The summed E-state index contributed by atoms with van der Waals surface area (Å²) < 4.78 is 5.46. The minimum atomic E-state index is -0.209. The van der Waals surface area contributed by atoms with Crippen LogP contribution in [0.5, 0.6) is 5.75 Å². The Morgan fingerprint density at radius 3 is 2.62 bits per heavy atom. The van der Waals surface area contributed by atoms with Crippen LogP contribution in [0.25, 0.3) is 6.08 Å². The fraction of sp³-hybridized carbons (Fsp3) is 0.118. The van der Waals surface area contributed by atoms with E-state index in [0.29, 0.717) is 23.7 Å². The maximum atomic E-state index is 11.9. The van der Waals surface area contributed by atoms with Crippen molar-refractivity contribution in [1.82, 2.24) is 0 Å². The Hall–Kier alpha value is -2.75. The molecule has 0 saturated heterocycles. The van der Waals surface area contributed by atoms with Crippen LogP contribution in [-0.4, -0.2) is 12.5 Å². The first-order chi connectivity index (χ1) is 10.2. The highest BCUT2D eigenvalue weighted by molar-refractivity contribution is 6.02. The fourth-order valence-electron chi connectivity index (χ4n) is 1.80. The topological polar surface area (TPSA) is 64.3 Å². The molecule has 4 heteroatoms. The molecule has 4 nitrogen and oxygen atoms in total. The third kappa shape index (κ3) is 4.38. The van der Waals surface area contributed by atoms with Crippen LogP contribution in [0.3, 0.4) is 0 Å². The number of carbonyl (C=O) groups excluding carboxylic acids is 1. The number of ether oxygens (including phenoxy) is 1. The largest absolute Gasteiger partial charge is 0.492 e. The summed E-state index contributed by atoms with van der Waals surface area (Å²) in [6.45, 7) is 2.45. The molecule has 0 aliphatic rings. The van der Waals surface area contributed by atoms with Gasteiger partial charge in [0.05, 0.1) is 12.3 Å². The van der Waals surface area contributed by atoms with Crippen molar-refractivity contribution in [2.24, 2.45) is 0 Å². The van der Waals surface area contributed by atoms with Gasteiger partial charge in [0, 0.05) is 11.8 Å². The van der Waals surface area contributed by atoms with Crippen molar-refractivity contribution in [3.8, 4) is 5.75 Å². The summed E-state index contributed by atoms with van der Waals surface area (Å²) in [4.78, 5) is 11.9. The molecule has 0 bridgehead atoms. The molecular weight excluding hydrogens is 264 g/mol. The molecule has 0 unspecified atom stereocenters. The number of hydrogen-bond acceptors (Lipinski definition) is 3. The third-order valence-electron chi connectivity index (χ3n) is 2.81. The third-order valence-corrected chi connectivity index (χ3v) is 2.81. The zero-order chi connectivity index (χ0) is 15.1. The lowest BCUT2D eigenvalue weighted by atomic mass is 10.2. The number of amides is 1. The van der Waals surface area contributed by atoms with Gasteiger partial charge in [0.25, 0.3) is 0 Å². The second-order valence-corrected chi connectivity index (χ2v) is 4.42. The number of para-hydroxylation sites is 2. The van der Waals surface area contributed by atoms with Crippen molar-refractivity contribution in [1.29, 1.82) is 0 Å². The molecule has 1 amide bonds. The molecule has 0 aromatic heterocycles. The molecule has 108 valence electrons. The average Bonchev–Trinajstić information content (AvgIpc) is 2.49. The Morgan fingerprint density at radius 1 is 1.19 bits per heavy atom. The van der Waals surface area contributed by atoms with Gasteiger partial charge in [-0.3, -0.25) is 4.79 Å². The summed E-state index contributed by atoms with van der Waals surface area (Å²) in [5.41, 5.74) is 7.88. The maximum absolute atomic E-state index is 11.9. The first-order valence-electron chi connectivity index (χ1n) is 6.75. The fourth-order valence-corrected chi connectivity index (χ4v) is 1.80. The number of rotatable bonds is 5. The number of nitrogens with one attached hydrogen (secondary N) is 1. The SMILES string of the molecule is CCOc1ccccc1NC(=O)/C=C/c1ccc(N)cc1. The molecule has 0 aliphatic carbocycles. The van der Waals surface area contributed by atoms with E-state index >= 15 is 0 Å². The van der Waals surface area contributed by atoms with Gasteiger partial charge in [-0.15, -0.1) is 0 Å². The van der Waals surface area contributed by atoms with Crippen LogP contribution < -0.4 is 15.8 Å². The van der Waals surface area contributed by atoms with E-state index in [1.165, 1.54) is 6.08 Å². The maximum Gasteiger partial charge on any atom is 0.248 e. The molecule has 2 rings (SSSR count).